The first-order valence-corrected chi connectivity index (χ1v) is 13.1. The van der Waals surface area contributed by atoms with E-state index in [2.05, 4.69) is 69.1 Å². The van der Waals surface area contributed by atoms with Crippen molar-refractivity contribution in [2.24, 2.45) is 5.92 Å². The van der Waals surface area contributed by atoms with Crippen molar-refractivity contribution >= 4 is 5.91 Å². The van der Waals surface area contributed by atoms with Gasteiger partial charge in [0, 0.05) is 57.6 Å². The van der Waals surface area contributed by atoms with Gasteiger partial charge in [-0.3, -0.25) is 19.6 Å². The number of hydrogen-bond acceptors (Lipinski definition) is 5. The third-order valence-electron chi connectivity index (χ3n) is 7.34. The second-order valence-electron chi connectivity index (χ2n) is 10.1. The molecule has 0 N–H and O–H groups in total. The molecule has 1 amide bonds. The Morgan fingerprint density at radius 3 is 2.19 bits per heavy atom. The lowest BCUT2D eigenvalue weighted by Crippen LogP contribution is -2.51. The van der Waals surface area contributed by atoms with Gasteiger partial charge in [-0.2, -0.15) is 0 Å². The Morgan fingerprint density at radius 1 is 0.806 bits per heavy atom. The van der Waals surface area contributed by atoms with Gasteiger partial charge >= 0.3 is 0 Å². The first-order chi connectivity index (χ1) is 17.6. The number of benzene rings is 2. The Labute approximate surface area is 214 Å². The van der Waals surface area contributed by atoms with Gasteiger partial charge in [-0.1, -0.05) is 29.8 Å². The molecule has 188 valence electrons. The van der Waals surface area contributed by atoms with Gasteiger partial charge in [0.05, 0.1) is 0 Å². The molecule has 6 nitrogen and oxygen atoms in total. The highest BCUT2D eigenvalue weighted by atomic mass is 16.5. The number of piperazine rings is 1. The van der Waals surface area contributed by atoms with Gasteiger partial charge in [0.1, 0.15) is 11.5 Å². The Balaban J connectivity index is 1.06. The Kier molecular flexibility index (Phi) is 7.94. The van der Waals surface area contributed by atoms with Crippen molar-refractivity contribution in [3.8, 4) is 11.5 Å². The topological polar surface area (TPSA) is 48.9 Å². The number of likely N-dealkylation sites (tertiary alicyclic amines) is 1. The zero-order chi connectivity index (χ0) is 24.7. The number of ether oxygens (including phenoxy) is 1. The molecule has 0 radical (unpaired) electrons. The summed E-state index contributed by atoms with van der Waals surface area (Å²) in [7, 11) is 0. The number of hydrogen-bond donors (Lipinski definition) is 0. The van der Waals surface area contributed by atoms with Gasteiger partial charge in [0.25, 0.3) is 0 Å². The lowest BCUT2D eigenvalue weighted by Gasteiger charge is -2.38. The standard InChI is InChI=1S/C30H36N4O2/c1-24-5-7-28(8-6-24)36-29-4-2-3-26(21-29)23-33-17-19-34(20-18-33)30(35)27-11-15-32(16-12-27)22-25-9-13-31-14-10-25/h2-10,13-14,21,27H,11-12,15-20,22-23H2,1H3. The minimum atomic E-state index is 0.167. The fourth-order valence-corrected chi connectivity index (χ4v) is 5.18. The normalized spacial score (nSPS) is 17.8. The van der Waals surface area contributed by atoms with Crippen LogP contribution in [0.25, 0.3) is 0 Å². The van der Waals surface area contributed by atoms with Gasteiger partial charge in [-0.25, -0.2) is 0 Å². The Morgan fingerprint density at radius 2 is 1.47 bits per heavy atom. The molecule has 3 heterocycles. The van der Waals surface area contributed by atoms with Crippen LogP contribution in [0.15, 0.2) is 73.1 Å². The summed E-state index contributed by atoms with van der Waals surface area (Å²) in [6.07, 6.45) is 5.61. The van der Waals surface area contributed by atoms with Gasteiger partial charge in [-0.05, 0) is 80.4 Å². The molecule has 2 aromatic carbocycles. The maximum absolute atomic E-state index is 13.2. The van der Waals surface area contributed by atoms with E-state index in [0.717, 1.165) is 76.7 Å². The average molecular weight is 485 g/mol. The molecule has 36 heavy (non-hydrogen) atoms. The van der Waals surface area contributed by atoms with Crippen molar-refractivity contribution < 1.29 is 9.53 Å². The molecule has 2 aliphatic rings. The molecule has 0 saturated carbocycles. The number of aromatic nitrogens is 1. The highest BCUT2D eigenvalue weighted by Gasteiger charge is 2.30. The van der Waals surface area contributed by atoms with Crippen molar-refractivity contribution in [1.82, 2.24) is 19.7 Å². The summed E-state index contributed by atoms with van der Waals surface area (Å²) in [5.74, 6) is 2.24. The molecule has 0 unspecified atom stereocenters. The van der Waals surface area contributed by atoms with E-state index in [1.807, 2.05) is 30.6 Å². The van der Waals surface area contributed by atoms with E-state index >= 15 is 0 Å². The lowest BCUT2D eigenvalue weighted by molar-refractivity contribution is -0.139. The molecule has 0 bridgehead atoms. The second kappa shape index (κ2) is 11.7. The summed E-state index contributed by atoms with van der Waals surface area (Å²) >= 11 is 0. The van der Waals surface area contributed by atoms with E-state index in [1.165, 1.54) is 16.7 Å². The van der Waals surface area contributed by atoms with E-state index in [9.17, 15) is 4.79 Å². The fourth-order valence-electron chi connectivity index (χ4n) is 5.18. The van der Waals surface area contributed by atoms with Crippen LogP contribution in [0, 0.1) is 12.8 Å². The van der Waals surface area contributed by atoms with Gasteiger partial charge < -0.3 is 9.64 Å². The first kappa shape index (κ1) is 24.5. The molecular formula is C30H36N4O2. The fraction of sp³-hybridized carbons (Fsp3) is 0.400. The van der Waals surface area contributed by atoms with Gasteiger partial charge in [0.15, 0.2) is 0 Å². The molecule has 1 aromatic heterocycles. The van der Waals surface area contributed by atoms with Crippen LogP contribution in [0.5, 0.6) is 11.5 Å². The van der Waals surface area contributed by atoms with Crippen LogP contribution in [0.4, 0.5) is 0 Å². The van der Waals surface area contributed by atoms with Crippen molar-refractivity contribution in [1.29, 1.82) is 0 Å². The van der Waals surface area contributed by atoms with Gasteiger partial charge in [-0.15, -0.1) is 0 Å². The third kappa shape index (κ3) is 6.50. The number of pyridine rings is 1. The molecule has 0 atom stereocenters. The smallest absolute Gasteiger partial charge is 0.225 e. The molecule has 0 aliphatic carbocycles. The predicted octanol–water partition coefficient (Wildman–Crippen LogP) is 4.74. The van der Waals surface area contributed by atoms with E-state index in [4.69, 9.17) is 4.74 Å². The van der Waals surface area contributed by atoms with Crippen LogP contribution in [-0.2, 0) is 17.9 Å². The van der Waals surface area contributed by atoms with Crippen LogP contribution < -0.4 is 4.74 Å². The quantitative estimate of drug-likeness (QED) is 0.485. The zero-order valence-electron chi connectivity index (χ0n) is 21.2. The van der Waals surface area contributed by atoms with Crippen molar-refractivity contribution in [3.05, 3.63) is 89.7 Å². The number of amides is 1. The monoisotopic (exact) mass is 484 g/mol. The highest BCUT2D eigenvalue weighted by molar-refractivity contribution is 5.79. The van der Waals surface area contributed by atoms with E-state index in [-0.39, 0.29) is 5.92 Å². The molecule has 3 aromatic rings. The predicted molar refractivity (Wildman–Crippen MR) is 142 cm³/mol. The number of rotatable bonds is 7. The number of carbonyl (C=O) groups excluding carboxylic acids is 1. The summed E-state index contributed by atoms with van der Waals surface area (Å²) in [4.78, 5) is 24.3. The minimum absolute atomic E-state index is 0.167. The molecule has 2 saturated heterocycles. The molecule has 2 fully saturated rings. The first-order valence-electron chi connectivity index (χ1n) is 13.1. The van der Waals surface area contributed by atoms with Gasteiger partial charge in [0.2, 0.25) is 5.91 Å². The summed E-state index contributed by atoms with van der Waals surface area (Å²) < 4.78 is 6.04. The Bertz CT molecular complexity index is 1120. The highest BCUT2D eigenvalue weighted by Crippen LogP contribution is 2.25. The number of aryl methyl sites for hydroxylation is 1. The number of nitrogens with zero attached hydrogens (tertiary/aromatic N) is 4. The number of carbonyl (C=O) groups is 1. The zero-order valence-corrected chi connectivity index (χ0v) is 21.2. The van der Waals surface area contributed by atoms with Crippen molar-refractivity contribution in [2.75, 3.05) is 39.3 Å². The molecule has 5 rings (SSSR count). The van der Waals surface area contributed by atoms with Crippen LogP contribution in [0.2, 0.25) is 0 Å². The summed E-state index contributed by atoms with van der Waals surface area (Å²) in [6, 6.07) is 20.6. The summed E-state index contributed by atoms with van der Waals surface area (Å²) in [5.41, 5.74) is 3.75. The Hall–Kier alpha value is -3.22. The summed E-state index contributed by atoms with van der Waals surface area (Å²) in [6.45, 7) is 9.32. The van der Waals surface area contributed by atoms with Crippen molar-refractivity contribution in [2.45, 2.75) is 32.9 Å². The molecule has 2 aliphatic heterocycles. The third-order valence-corrected chi connectivity index (χ3v) is 7.34. The summed E-state index contributed by atoms with van der Waals surface area (Å²) in [5, 5.41) is 0. The lowest BCUT2D eigenvalue weighted by atomic mass is 9.94. The second-order valence-corrected chi connectivity index (χ2v) is 10.1. The van der Waals surface area contributed by atoms with Crippen molar-refractivity contribution in [3.63, 3.8) is 0 Å². The minimum Gasteiger partial charge on any atom is -0.457 e. The van der Waals surface area contributed by atoms with Crippen LogP contribution in [0.3, 0.4) is 0 Å². The molecule has 0 spiro atoms. The van der Waals surface area contributed by atoms with E-state index in [0.29, 0.717) is 5.91 Å². The molecule has 6 heteroatoms. The van der Waals surface area contributed by atoms with Crippen LogP contribution >= 0.6 is 0 Å². The maximum Gasteiger partial charge on any atom is 0.225 e. The van der Waals surface area contributed by atoms with E-state index in [1.54, 1.807) is 0 Å². The number of piperidine rings is 1. The van der Waals surface area contributed by atoms with E-state index < -0.39 is 0 Å². The SMILES string of the molecule is Cc1ccc(Oc2cccc(CN3CCN(C(=O)C4CCN(Cc5ccncc5)CC4)CC3)c2)cc1. The maximum atomic E-state index is 13.2. The van der Waals surface area contributed by atoms with Crippen LogP contribution in [0.1, 0.15) is 29.5 Å². The van der Waals surface area contributed by atoms with Crippen LogP contribution in [-0.4, -0.2) is 64.9 Å². The average Bonchev–Trinajstić information content (AvgIpc) is 2.91. The largest absolute Gasteiger partial charge is 0.457 e. The molecular weight excluding hydrogens is 448 g/mol.